The van der Waals surface area contributed by atoms with E-state index in [1.54, 1.807) is 6.07 Å². The average molecular weight is 642 g/mol. The fourth-order valence-electron chi connectivity index (χ4n) is 6.01. The number of alkyl halides is 4. The van der Waals surface area contributed by atoms with Crippen molar-refractivity contribution in [2.45, 2.75) is 97.2 Å². The molecular formula is C35H52ClF4N3O. The molecule has 2 saturated heterocycles. The number of anilines is 1. The van der Waals surface area contributed by atoms with E-state index in [2.05, 4.69) is 44.8 Å². The van der Waals surface area contributed by atoms with Gasteiger partial charge in [0, 0.05) is 49.4 Å². The molecule has 0 saturated carbocycles. The van der Waals surface area contributed by atoms with Crippen LogP contribution in [-0.4, -0.2) is 56.8 Å². The molecule has 2 aromatic carbocycles. The fraction of sp³-hybridized carbons (Fsp3) is 0.629. The number of piperidine rings is 2. The standard InChI is InChI=1S/C29H36ClF3N2O.C5H13N.CH3F/c1-3-21(22-4-7-25(30)8-5-22)18-28(36)35-16-12-23(13-17-35)26-9-6-24(29(31,32)33)19-27(26)34-14-10-20(2)11-15-34;1-4-6-5(2)3;1-2/h4-9,19-21,23H,3,10-18H2,1-2H3;5-6H,4H2,1-3H3;1H3/t21-;;/m1../s1. The number of hydrogen-bond donors (Lipinski definition) is 1. The molecule has 4 rings (SSSR count). The molecule has 248 valence electrons. The second-order valence-corrected chi connectivity index (χ2v) is 12.6. The summed E-state index contributed by atoms with van der Waals surface area (Å²) in [6.45, 7) is 14.6. The molecule has 0 aliphatic carbocycles. The van der Waals surface area contributed by atoms with Crippen LogP contribution in [-0.2, 0) is 11.0 Å². The van der Waals surface area contributed by atoms with E-state index in [1.165, 1.54) is 12.1 Å². The van der Waals surface area contributed by atoms with Crippen molar-refractivity contribution in [3.8, 4) is 0 Å². The lowest BCUT2D eigenvalue weighted by Gasteiger charge is -2.38. The number of amides is 1. The number of likely N-dealkylation sites (tertiary alicyclic amines) is 1. The summed E-state index contributed by atoms with van der Waals surface area (Å²) in [4.78, 5) is 17.2. The van der Waals surface area contributed by atoms with Crippen molar-refractivity contribution in [2.24, 2.45) is 5.92 Å². The third-order valence-electron chi connectivity index (χ3n) is 8.64. The molecule has 0 aromatic heterocycles. The van der Waals surface area contributed by atoms with E-state index in [9.17, 15) is 22.4 Å². The number of carbonyl (C=O) groups is 1. The highest BCUT2D eigenvalue weighted by atomic mass is 35.5. The molecule has 1 amide bonds. The number of hydrogen-bond acceptors (Lipinski definition) is 3. The molecule has 0 spiro atoms. The van der Waals surface area contributed by atoms with Crippen molar-refractivity contribution in [3.05, 3.63) is 64.2 Å². The molecule has 0 bridgehead atoms. The van der Waals surface area contributed by atoms with Gasteiger partial charge in [-0.1, -0.05) is 64.4 Å². The van der Waals surface area contributed by atoms with Crippen LogP contribution in [0.25, 0.3) is 0 Å². The third-order valence-corrected chi connectivity index (χ3v) is 8.89. The van der Waals surface area contributed by atoms with Crippen LogP contribution < -0.4 is 10.2 Å². The summed E-state index contributed by atoms with van der Waals surface area (Å²) in [7, 11) is 0.500. The number of carbonyl (C=O) groups excluding carboxylic acids is 1. The number of benzene rings is 2. The van der Waals surface area contributed by atoms with Gasteiger partial charge in [0.2, 0.25) is 5.91 Å². The van der Waals surface area contributed by atoms with Crippen LogP contribution >= 0.6 is 11.6 Å². The van der Waals surface area contributed by atoms with Gasteiger partial charge in [-0.15, -0.1) is 0 Å². The van der Waals surface area contributed by atoms with Gasteiger partial charge in [-0.25, -0.2) is 0 Å². The summed E-state index contributed by atoms with van der Waals surface area (Å²) in [5.41, 5.74) is 2.27. The van der Waals surface area contributed by atoms with E-state index >= 15 is 0 Å². The van der Waals surface area contributed by atoms with Gasteiger partial charge in [0.25, 0.3) is 0 Å². The minimum atomic E-state index is -4.36. The van der Waals surface area contributed by atoms with Gasteiger partial charge in [-0.2, -0.15) is 13.2 Å². The van der Waals surface area contributed by atoms with E-state index in [0.717, 1.165) is 68.6 Å². The fourth-order valence-corrected chi connectivity index (χ4v) is 6.14. The molecule has 9 heteroatoms. The highest BCUT2D eigenvalue weighted by Crippen LogP contribution is 2.40. The van der Waals surface area contributed by atoms with Gasteiger partial charge in [0.15, 0.2) is 0 Å². The highest BCUT2D eigenvalue weighted by Gasteiger charge is 2.34. The molecule has 0 radical (unpaired) electrons. The Labute approximate surface area is 267 Å². The molecule has 2 fully saturated rings. The van der Waals surface area contributed by atoms with Crippen LogP contribution in [0, 0.1) is 5.92 Å². The lowest BCUT2D eigenvalue weighted by molar-refractivity contribution is -0.137. The maximum absolute atomic E-state index is 13.5. The molecule has 2 aliphatic heterocycles. The number of nitrogens with zero attached hydrogens (tertiary/aromatic N) is 2. The van der Waals surface area contributed by atoms with Gasteiger partial charge in [0.05, 0.1) is 12.7 Å². The van der Waals surface area contributed by atoms with Gasteiger partial charge in [-0.3, -0.25) is 9.18 Å². The maximum atomic E-state index is 13.5. The Morgan fingerprint density at radius 2 is 1.55 bits per heavy atom. The first kappa shape index (κ1) is 37.9. The van der Waals surface area contributed by atoms with Crippen molar-refractivity contribution in [1.29, 1.82) is 0 Å². The Morgan fingerprint density at radius 3 is 2.02 bits per heavy atom. The van der Waals surface area contributed by atoms with Crippen LogP contribution in [0.5, 0.6) is 0 Å². The maximum Gasteiger partial charge on any atom is 0.416 e. The van der Waals surface area contributed by atoms with Crippen LogP contribution in [0.4, 0.5) is 23.2 Å². The Morgan fingerprint density at radius 1 is 0.955 bits per heavy atom. The van der Waals surface area contributed by atoms with E-state index < -0.39 is 11.7 Å². The van der Waals surface area contributed by atoms with Gasteiger partial charge in [0.1, 0.15) is 0 Å². The molecule has 44 heavy (non-hydrogen) atoms. The van der Waals surface area contributed by atoms with Gasteiger partial charge in [-0.05, 0) is 91.8 Å². The quantitative estimate of drug-likeness (QED) is 0.292. The summed E-state index contributed by atoms with van der Waals surface area (Å²) in [6, 6.07) is 12.6. The van der Waals surface area contributed by atoms with E-state index in [0.29, 0.717) is 43.7 Å². The Bertz CT molecular complexity index is 1110. The molecule has 2 heterocycles. The smallest absolute Gasteiger partial charge is 0.371 e. The summed E-state index contributed by atoms with van der Waals surface area (Å²) in [5, 5.41) is 3.89. The highest BCUT2D eigenvalue weighted by molar-refractivity contribution is 6.30. The Balaban J connectivity index is 0.000000755. The van der Waals surface area contributed by atoms with Crippen molar-refractivity contribution >= 4 is 23.2 Å². The second-order valence-electron chi connectivity index (χ2n) is 12.2. The van der Waals surface area contributed by atoms with Crippen LogP contribution in [0.1, 0.15) is 102 Å². The van der Waals surface area contributed by atoms with E-state index in [1.807, 2.05) is 29.2 Å². The summed E-state index contributed by atoms with van der Waals surface area (Å²) < 4.78 is 50.1. The van der Waals surface area contributed by atoms with Crippen molar-refractivity contribution in [2.75, 3.05) is 44.8 Å². The predicted octanol–water partition coefficient (Wildman–Crippen LogP) is 9.47. The zero-order valence-corrected chi connectivity index (χ0v) is 28.1. The molecule has 0 unspecified atom stereocenters. The summed E-state index contributed by atoms with van der Waals surface area (Å²) in [5.74, 6) is 1.05. The zero-order valence-electron chi connectivity index (χ0n) is 27.3. The largest absolute Gasteiger partial charge is 0.416 e. The third kappa shape index (κ3) is 11.6. The lowest BCUT2D eigenvalue weighted by atomic mass is 9.86. The van der Waals surface area contributed by atoms with Crippen molar-refractivity contribution in [3.63, 3.8) is 0 Å². The minimum absolute atomic E-state index is 0.146. The predicted molar refractivity (Wildman–Crippen MR) is 176 cm³/mol. The first-order valence-corrected chi connectivity index (χ1v) is 16.4. The Kier molecular flexibility index (Phi) is 16.0. The molecular weight excluding hydrogens is 590 g/mol. The Hall–Kier alpha value is -2.32. The molecule has 1 N–H and O–H groups in total. The van der Waals surface area contributed by atoms with Crippen LogP contribution in [0.2, 0.25) is 5.02 Å². The monoisotopic (exact) mass is 641 g/mol. The number of rotatable bonds is 8. The van der Waals surface area contributed by atoms with E-state index in [-0.39, 0.29) is 17.7 Å². The summed E-state index contributed by atoms with van der Waals surface area (Å²) >= 11 is 6.02. The second kappa shape index (κ2) is 18.6. The first-order chi connectivity index (χ1) is 20.9. The van der Waals surface area contributed by atoms with Crippen molar-refractivity contribution < 1.29 is 22.4 Å². The minimum Gasteiger partial charge on any atom is -0.371 e. The molecule has 1 atom stereocenters. The van der Waals surface area contributed by atoms with Gasteiger partial charge < -0.3 is 15.1 Å². The van der Waals surface area contributed by atoms with Crippen molar-refractivity contribution in [1.82, 2.24) is 10.2 Å². The number of halogens is 5. The van der Waals surface area contributed by atoms with E-state index in [4.69, 9.17) is 11.6 Å². The number of nitrogens with one attached hydrogen (secondary N) is 1. The van der Waals surface area contributed by atoms with Gasteiger partial charge >= 0.3 is 6.18 Å². The molecule has 4 nitrogen and oxygen atoms in total. The lowest BCUT2D eigenvalue weighted by Crippen LogP contribution is -2.39. The van der Waals surface area contributed by atoms with Crippen LogP contribution in [0.15, 0.2) is 42.5 Å². The zero-order chi connectivity index (χ0) is 32.9. The van der Waals surface area contributed by atoms with Crippen LogP contribution in [0.3, 0.4) is 0 Å². The molecule has 2 aromatic rings. The molecule has 2 aliphatic rings. The normalized spacial score (nSPS) is 17.0. The SMILES string of the molecule is CCNC(C)C.CC[C@H](CC(=O)N1CCC(c2ccc(C(F)(F)F)cc2N2CCC(C)CC2)CC1)c1ccc(Cl)cc1.CF. The topological polar surface area (TPSA) is 35.6 Å². The summed E-state index contributed by atoms with van der Waals surface area (Å²) in [6.07, 6.45) is 0.501. The average Bonchev–Trinajstić information content (AvgIpc) is 3.01. The first-order valence-electron chi connectivity index (χ1n) is 16.0.